The van der Waals surface area contributed by atoms with E-state index in [4.69, 9.17) is 5.73 Å². The van der Waals surface area contributed by atoms with Crippen LogP contribution in [0.25, 0.3) is 0 Å². The molecule has 2 radical (unpaired) electrons. The van der Waals surface area contributed by atoms with Crippen LogP contribution in [-0.2, 0) is 0 Å². The van der Waals surface area contributed by atoms with Crippen molar-refractivity contribution in [2.24, 2.45) is 5.73 Å². The molecule has 3 aliphatic rings. The quantitative estimate of drug-likeness (QED) is 0.488. The van der Waals surface area contributed by atoms with Gasteiger partial charge in [0.15, 0.2) is 0 Å². The van der Waals surface area contributed by atoms with Gasteiger partial charge in [-0.2, -0.15) is 12.8 Å². The van der Waals surface area contributed by atoms with E-state index < -0.39 is 0 Å². The minimum atomic E-state index is 0. The number of hydrogen-bond acceptors (Lipinski definition) is 1. The van der Waals surface area contributed by atoms with E-state index in [0.29, 0.717) is 0 Å². The van der Waals surface area contributed by atoms with Crippen LogP contribution in [0.5, 0.6) is 0 Å². The maximum Gasteiger partial charge on any atom is 0 e. The largest absolute Gasteiger partial charge is 0.341 e. The van der Waals surface area contributed by atoms with Crippen LogP contribution in [0.3, 0.4) is 0 Å². The first kappa shape index (κ1) is 6.15. The second-order valence-corrected chi connectivity index (χ2v) is 3.07. The zero-order chi connectivity index (χ0) is 5.61. The molecule has 3 fully saturated rings. The third kappa shape index (κ3) is 0.691. The molecule has 2 aliphatic heterocycles. The summed E-state index contributed by atoms with van der Waals surface area (Å²) in [5, 5.41) is 0. The van der Waals surface area contributed by atoms with Gasteiger partial charge >= 0.3 is 0 Å². The van der Waals surface area contributed by atoms with E-state index >= 15 is 0 Å². The summed E-state index contributed by atoms with van der Waals surface area (Å²) in [5.41, 5.74) is 6.03. The molecule has 0 aromatic carbocycles. The topological polar surface area (TPSA) is 26.0 Å². The second-order valence-electron chi connectivity index (χ2n) is 3.07. The molecule has 1 atom stereocenters. The third-order valence-electron chi connectivity index (χ3n) is 2.19. The molecule has 9 heavy (non-hydrogen) atoms. The van der Waals surface area contributed by atoms with Crippen LogP contribution in [0.1, 0.15) is 25.7 Å². The van der Waals surface area contributed by atoms with Gasteiger partial charge in [-0.25, -0.2) is 0 Å². The molecular formula is C6H10BLrN-. The van der Waals surface area contributed by atoms with Crippen LogP contribution in [0, 0.1) is 5.82 Å². The summed E-state index contributed by atoms with van der Waals surface area (Å²) in [6, 6.07) is 0. The Morgan fingerprint density at radius 3 is 2.44 bits per heavy atom. The zero-order valence-corrected chi connectivity index (χ0v) is 7.39. The zero-order valence-electron chi connectivity index (χ0n) is 5.24. The average Bonchev–Trinajstić information content (AvgIpc) is 1.63. The van der Waals surface area contributed by atoms with Crippen LogP contribution < -0.4 is 5.73 Å². The predicted molar refractivity (Wildman–Crippen MR) is 34.4 cm³/mol. The molecule has 0 amide bonds. The predicted octanol–water partition coefficient (Wildman–Crippen LogP) is 0.465. The number of fused-ring (bicyclic) bond motifs is 2. The van der Waals surface area contributed by atoms with E-state index in [1.54, 1.807) is 5.82 Å². The molecule has 2 N–H and O–H groups in total. The maximum atomic E-state index is 5.87. The summed E-state index contributed by atoms with van der Waals surface area (Å²) in [5.74, 6) is 1.60. The van der Waals surface area contributed by atoms with Gasteiger partial charge in [-0.15, -0.1) is 0 Å². The van der Waals surface area contributed by atoms with Crippen molar-refractivity contribution in [3.8, 4) is 0 Å². The fourth-order valence-electron chi connectivity index (χ4n) is 1.77. The Bertz CT molecular complexity index is 106. The monoisotopic (exact) mass is 369 g/mol. The van der Waals surface area contributed by atoms with Gasteiger partial charge in [0, 0.05) is 0 Å². The van der Waals surface area contributed by atoms with Gasteiger partial charge in [0.05, 0.1) is 0 Å². The molecule has 2 saturated heterocycles. The minimum absolute atomic E-state index is 0. The number of rotatable bonds is 0. The molecule has 1 unspecified atom stereocenters. The Labute approximate surface area is 50.9 Å². The van der Waals surface area contributed by atoms with Crippen molar-refractivity contribution in [2.75, 3.05) is 0 Å². The minimum Gasteiger partial charge on any atom is -0.341 e. The van der Waals surface area contributed by atoms with E-state index in [1.807, 2.05) is 0 Å². The summed E-state index contributed by atoms with van der Waals surface area (Å²) < 4.78 is 0. The smallest absolute Gasteiger partial charge is 0 e. The molecule has 58 valence electrons. The van der Waals surface area contributed by atoms with Crippen molar-refractivity contribution in [3.05, 3.63) is 5.82 Å². The molecule has 1 nitrogen and oxygen atoms in total. The molecule has 1 aliphatic carbocycles. The first-order chi connectivity index (χ1) is 3.79. The fraction of sp³-hybridized carbons (Fsp3) is 0.833. The Morgan fingerprint density at radius 2 is 2.22 bits per heavy atom. The summed E-state index contributed by atoms with van der Waals surface area (Å²) in [6.07, 6.45) is 5.05. The van der Waals surface area contributed by atoms with Gasteiger partial charge in [-0.05, 0) is 0 Å². The molecule has 0 spiro atoms. The van der Waals surface area contributed by atoms with Gasteiger partial charge in [-0.3, -0.25) is 0 Å². The normalized spacial score (nSPS) is 40.1. The van der Waals surface area contributed by atoms with Crippen molar-refractivity contribution >= 4 is 7.28 Å². The maximum absolute atomic E-state index is 5.87. The van der Waals surface area contributed by atoms with Gasteiger partial charge in [-0.1, -0.05) is 25.6 Å². The average molecular weight is 369 g/mol. The number of nitrogens with two attached hydrogens (primary N) is 1. The standard InChI is InChI=1S/C6H10BN.Lr/c8-6-3-1-2-5(4-6)7-6;/h1-4,8H2;/q-1;. The second kappa shape index (κ2) is 1.50. The Kier molecular flexibility index (Phi) is 1.03. The first-order valence-electron chi connectivity index (χ1n) is 3.28. The van der Waals surface area contributed by atoms with Crippen molar-refractivity contribution in [2.45, 2.75) is 31.1 Å². The van der Waals surface area contributed by atoms with E-state index in [9.17, 15) is 0 Å². The van der Waals surface area contributed by atoms with Crippen LogP contribution >= 0.6 is 0 Å². The summed E-state index contributed by atoms with van der Waals surface area (Å²) >= 11 is 0. The Hall–Kier alpha value is -0.975. The fourth-order valence-corrected chi connectivity index (χ4v) is 1.77. The SMILES string of the molecule is NC12[B][C-](CCC1)C2.[Lr]. The van der Waals surface area contributed by atoms with Crippen LogP contribution in [0.4, 0.5) is 0 Å². The molecular weight excluding hydrogens is 359 g/mol. The van der Waals surface area contributed by atoms with Gasteiger partial charge in [0.25, 0.3) is 0 Å². The van der Waals surface area contributed by atoms with Crippen molar-refractivity contribution < 1.29 is 0 Å². The summed E-state index contributed by atoms with van der Waals surface area (Å²) in [6.45, 7) is 0. The Balaban J connectivity index is 0.000000405. The van der Waals surface area contributed by atoms with Crippen LogP contribution in [-0.4, -0.2) is 12.7 Å². The molecule has 3 heteroatoms. The van der Waals surface area contributed by atoms with E-state index in [2.05, 4.69) is 7.28 Å². The van der Waals surface area contributed by atoms with Crippen molar-refractivity contribution in [3.63, 3.8) is 0 Å². The first-order valence-corrected chi connectivity index (χ1v) is 3.28. The Morgan fingerprint density at radius 1 is 1.56 bits per heavy atom. The molecule has 0 aromatic heterocycles. The summed E-state index contributed by atoms with van der Waals surface area (Å²) in [4.78, 5) is 0. The van der Waals surface area contributed by atoms with E-state index in [-0.39, 0.29) is 5.44 Å². The van der Waals surface area contributed by atoms with Gasteiger partial charge in [0.2, 0.25) is 0 Å². The summed E-state index contributed by atoms with van der Waals surface area (Å²) in [7, 11) is 2.25. The van der Waals surface area contributed by atoms with Crippen LogP contribution in [0.15, 0.2) is 0 Å². The molecule has 2 bridgehead atoms. The molecule has 3 rings (SSSR count). The van der Waals surface area contributed by atoms with Gasteiger partial charge < -0.3 is 11.6 Å². The number of hydrogen-bond donors (Lipinski definition) is 1. The van der Waals surface area contributed by atoms with Crippen molar-refractivity contribution in [1.29, 1.82) is 0 Å². The third-order valence-corrected chi connectivity index (χ3v) is 2.19. The molecule has 2 heterocycles. The van der Waals surface area contributed by atoms with Crippen molar-refractivity contribution in [1.82, 2.24) is 0 Å². The van der Waals surface area contributed by atoms with E-state index in [1.165, 1.54) is 25.7 Å². The molecule has 0 aromatic rings. The van der Waals surface area contributed by atoms with Gasteiger partial charge in [0.1, 0.15) is 0 Å². The van der Waals surface area contributed by atoms with E-state index in [0.717, 1.165) is 0 Å². The molecule has 1 saturated carbocycles. The van der Waals surface area contributed by atoms with Crippen LogP contribution in [0.2, 0.25) is 0 Å².